The molecule has 1 saturated heterocycles. The van der Waals surface area contributed by atoms with Gasteiger partial charge in [-0.1, -0.05) is 12.1 Å². The van der Waals surface area contributed by atoms with Crippen LogP contribution in [0.2, 0.25) is 0 Å². The van der Waals surface area contributed by atoms with E-state index in [2.05, 4.69) is 31.7 Å². The summed E-state index contributed by atoms with van der Waals surface area (Å²) in [7, 11) is 0.500. The SMILES string of the molecule is CF.N#Cc1ccccc1NC(=O)c1cnn2ccc(N3CCNCC3)nc12. The summed E-state index contributed by atoms with van der Waals surface area (Å²) in [6.45, 7) is 3.55. The number of aromatic nitrogens is 3. The fourth-order valence-corrected chi connectivity index (χ4v) is 2.97. The zero-order chi connectivity index (χ0) is 19.9. The highest BCUT2D eigenvalue weighted by molar-refractivity contribution is 6.08. The summed E-state index contributed by atoms with van der Waals surface area (Å²) >= 11 is 0. The Morgan fingerprint density at radius 2 is 2.00 bits per heavy atom. The lowest BCUT2D eigenvalue weighted by molar-refractivity contribution is 0.102. The molecule has 1 aliphatic rings. The van der Waals surface area contributed by atoms with Crippen LogP contribution in [0.4, 0.5) is 15.9 Å². The molecule has 3 heterocycles. The van der Waals surface area contributed by atoms with E-state index in [1.807, 2.05) is 6.07 Å². The first-order valence-electron chi connectivity index (χ1n) is 8.74. The van der Waals surface area contributed by atoms with Gasteiger partial charge >= 0.3 is 0 Å². The van der Waals surface area contributed by atoms with E-state index < -0.39 is 0 Å². The number of nitrogens with one attached hydrogen (secondary N) is 2. The van der Waals surface area contributed by atoms with Gasteiger partial charge in [0.2, 0.25) is 0 Å². The van der Waals surface area contributed by atoms with E-state index >= 15 is 0 Å². The van der Waals surface area contributed by atoms with Crippen molar-refractivity contribution in [2.24, 2.45) is 0 Å². The summed E-state index contributed by atoms with van der Waals surface area (Å²) in [6.07, 6.45) is 3.30. The Morgan fingerprint density at radius 1 is 1.25 bits per heavy atom. The molecule has 0 atom stereocenters. The average molecular weight is 381 g/mol. The number of nitrogens with zero attached hydrogens (tertiary/aromatic N) is 5. The van der Waals surface area contributed by atoms with Crippen molar-refractivity contribution < 1.29 is 9.18 Å². The lowest BCUT2D eigenvalue weighted by Crippen LogP contribution is -2.43. The van der Waals surface area contributed by atoms with Crippen molar-refractivity contribution in [3.63, 3.8) is 0 Å². The van der Waals surface area contributed by atoms with Gasteiger partial charge in [-0.15, -0.1) is 0 Å². The van der Waals surface area contributed by atoms with Crippen LogP contribution >= 0.6 is 0 Å². The number of fused-ring (bicyclic) bond motifs is 1. The molecule has 1 aliphatic heterocycles. The van der Waals surface area contributed by atoms with Crippen LogP contribution in [0.15, 0.2) is 42.7 Å². The molecule has 0 saturated carbocycles. The normalized spacial score (nSPS) is 13.4. The first-order valence-corrected chi connectivity index (χ1v) is 8.74. The van der Waals surface area contributed by atoms with E-state index in [9.17, 15) is 14.4 Å². The molecule has 144 valence electrons. The first-order chi connectivity index (χ1) is 13.8. The summed E-state index contributed by atoms with van der Waals surface area (Å²) in [5.74, 6) is 0.485. The summed E-state index contributed by atoms with van der Waals surface area (Å²) in [5, 5.41) is 19.5. The van der Waals surface area contributed by atoms with Crippen molar-refractivity contribution in [1.29, 1.82) is 5.26 Å². The van der Waals surface area contributed by atoms with Crippen molar-refractivity contribution in [3.8, 4) is 6.07 Å². The maximum atomic E-state index is 12.7. The Labute approximate surface area is 161 Å². The van der Waals surface area contributed by atoms with Gasteiger partial charge in [0, 0.05) is 32.4 Å². The fraction of sp³-hybridized carbons (Fsp3) is 0.263. The highest BCUT2D eigenvalue weighted by Gasteiger charge is 2.18. The number of benzene rings is 1. The van der Waals surface area contributed by atoms with Crippen molar-refractivity contribution in [1.82, 2.24) is 19.9 Å². The van der Waals surface area contributed by atoms with Crippen LogP contribution in [0, 0.1) is 11.3 Å². The second kappa shape index (κ2) is 8.92. The molecule has 0 bridgehead atoms. The van der Waals surface area contributed by atoms with Crippen LogP contribution in [0.5, 0.6) is 0 Å². The van der Waals surface area contributed by atoms with Gasteiger partial charge in [0.1, 0.15) is 17.5 Å². The Balaban J connectivity index is 0.00000109. The monoisotopic (exact) mass is 381 g/mol. The quantitative estimate of drug-likeness (QED) is 0.718. The number of para-hydroxylation sites is 1. The molecule has 2 N–H and O–H groups in total. The molecule has 1 aromatic carbocycles. The van der Waals surface area contributed by atoms with E-state index in [1.165, 1.54) is 6.20 Å². The Morgan fingerprint density at radius 3 is 2.75 bits per heavy atom. The van der Waals surface area contributed by atoms with Crippen LogP contribution in [-0.2, 0) is 0 Å². The number of rotatable bonds is 3. The van der Waals surface area contributed by atoms with Gasteiger partial charge in [0.05, 0.1) is 24.6 Å². The second-order valence-corrected chi connectivity index (χ2v) is 5.96. The predicted molar refractivity (Wildman–Crippen MR) is 104 cm³/mol. The maximum Gasteiger partial charge on any atom is 0.261 e. The second-order valence-electron chi connectivity index (χ2n) is 5.96. The number of alkyl halides is 1. The Hall–Kier alpha value is -3.51. The number of halogens is 1. The van der Waals surface area contributed by atoms with Crippen LogP contribution < -0.4 is 15.5 Å². The van der Waals surface area contributed by atoms with E-state index in [0.717, 1.165) is 32.0 Å². The number of anilines is 2. The third-order valence-electron chi connectivity index (χ3n) is 4.34. The zero-order valence-electron chi connectivity index (χ0n) is 15.4. The van der Waals surface area contributed by atoms with Crippen molar-refractivity contribution in [2.45, 2.75) is 0 Å². The van der Waals surface area contributed by atoms with E-state index in [4.69, 9.17) is 0 Å². The number of hydrogen-bond acceptors (Lipinski definition) is 6. The van der Waals surface area contributed by atoms with Crippen molar-refractivity contribution >= 4 is 23.1 Å². The summed E-state index contributed by atoms with van der Waals surface area (Å²) in [4.78, 5) is 19.5. The molecule has 28 heavy (non-hydrogen) atoms. The fourth-order valence-electron chi connectivity index (χ4n) is 2.97. The van der Waals surface area contributed by atoms with Gasteiger partial charge in [-0.2, -0.15) is 10.4 Å². The minimum atomic E-state index is -0.340. The van der Waals surface area contributed by atoms with E-state index in [0.29, 0.717) is 29.6 Å². The molecule has 3 aromatic rings. The molecule has 8 nitrogen and oxygen atoms in total. The minimum absolute atomic E-state index is 0.340. The number of carbonyl (C=O) groups is 1. The highest BCUT2D eigenvalue weighted by atomic mass is 19.1. The third-order valence-corrected chi connectivity index (χ3v) is 4.34. The van der Waals surface area contributed by atoms with Gasteiger partial charge in [-0.25, -0.2) is 9.50 Å². The van der Waals surface area contributed by atoms with E-state index in [1.54, 1.807) is 35.0 Å². The zero-order valence-corrected chi connectivity index (χ0v) is 15.4. The molecule has 0 aliphatic carbocycles. The Bertz CT molecular complexity index is 1000. The molecule has 9 heteroatoms. The van der Waals surface area contributed by atoms with Crippen molar-refractivity contribution in [3.05, 3.63) is 53.9 Å². The van der Waals surface area contributed by atoms with Crippen LogP contribution in [0.3, 0.4) is 0 Å². The molecule has 0 unspecified atom stereocenters. The summed E-state index contributed by atoms with van der Waals surface area (Å²) < 4.78 is 11.1. The molecule has 0 spiro atoms. The molecule has 4 rings (SSSR count). The number of nitriles is 1. The number of amides is 1. The van der Waals surface area contributed by atoms with Gasteiger partial charge in [-0.05, 0) is 18.2 Å². The van der Waals surface area contributed by atoms with Crippen LogP contribution in [0.1, 0.15) is 15.9 Å². The third kappa shape index (κ3) is 3.92. The molecular formula is C19H20FN7O. The van der Waals surface area contributed by atoms with Gasteiger partial charge in [0.15, 0.2) is 5.65 Å². The molecule has 2 aromatic heterocycles. The topological polar surface area (TPSA) is 98.3 Å². The number of carbonyl (C=O) groups excluding carboxylic acids is 1. The summed E-state index contributed by atoms with van der Waals surface area (Å²) in [5.41, 5.74) is 1.74. The number of piperazine rings is 1. The smallest absolute Gasteiger partial charge is 0.261 e. The summed E-state index contributed by atoms with van der Waals surface area (Å²) in [6, 6.07) is 10.9. The minimum Gasteiger partial charge on any atom is -0.354 e. The maximum absolute atomic E-state index is 12.7. The average Bonchev–Trinajstić information content (AvgIpc) is 3.19. The highest BCUT2D eigenvalue weighted by Crippen LogP contribution is 2.19. The molecular weight excluding hydrogens is 361 g/mol. The van der Waals surface area contributed by atoms with Gasteiger partial charge < -0.3 is 15.5 Å². The van der Waals surface area contributed by atoms with Crippen molar-refractivity contribution in [2.75, 3.05) is 43.6 Å². The lowest BCUT2D eigenvalue weighted by atomic mass is 10.2. The van der Waals surface area contributed by atoms with Crippen LogP contribution in [0.25, 0.3) is 5.65 Å². The molecule has 1 amide bonds. The van der Waals surface area contributed by atoms with E-state index in [-0.39, 0.29) is 5.91 Å². The largest absolute Gasteiger partial charge is 0.354 e. The lowest BCUT2D eigenvalue weighted by Gasteiger charge is -2.28. The number of hydrogen-bond donors (Lipinski definition) is 2. The van der Waals surface area contributed by atoms with Crippen LogP contribution in [-0.4, -0.2) is 53.9 Å². The standard InChI is InChI=1S/C18H17N7O.CH3F/c19-11-13-3-1-2-4-15(13)22-18(26)14-12-21-25-8-5-16(23-17(14)25)24-9-6-20-7-10-24;1-2/h1-5,8,12,20H,6-7,9-10H2,(H,22,26);1H3. The molecule has 1 fully saturated rings. The predicted octanol–water partition coefficient (Wildman–Crippen LogP) is 1.85. The first kappa shape index (κ1) is 19.3. The molecule has 0 radical (unpaired) electrons. The Kier molecular flexibility index (Phi) is 6.14. The van der Waals surface area contributed by atoms with Gasteiger partial charge in [0.25, 0.3) is 5.91 Å². The van der Waals surface area contributed by atoms with Gasteiger partial charge in [-0.3, -0.25) is 9.18 Å².